The average molecular weight is 474 g/mol. The van der Waals surface area contributed by atoms with Gasteiger partial charge in [-0.2, -0.15) is 0 Å². The monoisotopic (exact) mass is 474 g/mol. The Morgan fingerprint density at radius 1 is 0.886 bits per heavy atom. The van der Waals surface area contributed by atoms with Gasteiger partial charge in [-0.05, 0) is 53.6 Å². The van der Waals surface area contributed by atoms with Gasteiger partial charge in [-0.15, -0.1) is 0 Å². The number of Topliss-reactive ketones (excluding diaryl/α,β-unsaturated/α-hetero) is 1. The number of hydrogen-bond donors (Lipinski definition) is 1. The molecule has 5 rings (SSSR count). The summed E-state index contributed by atoms with van der Waals surface area (Å²) in [7, 11) is 4.54. The van der Waals surface area contributed by atoms with Crippen LogP contribution in [0.4, 0.5) is 0 Å². The third-order valence-electron chi connectivity index (χ3n) is 6.09. The van der Waals surface area contributed by atoms with E-state index in [1.807, 2.05) is 0 Å². The van der Waals surface area contributed by atoms with Crippen molar-refractivity contribution in [3.63, 3.8) is 0 Å². The van der Waals surface area contributed by atoms with Gasteiger partial charge in [0.05, 0.1) is 33.3 Å². The molecule has 35 heavy (non-hydrogen) atoms. The van der Waals surface area contributed by atoms with E-state index in [0.29, 0.717) is 51.0 Å². The van der Waals surface area contributed by atoms with Crippen LogP contribution in [0, 0.1) is 0 Å². The maximum Gasteiger partial charge on any atom is 0.312 e. The molecule has 0 amide bonds. The van der Waals surface area contributed by atoms with Crippen LogP contribution < -0.4 is 23.7 Å². The lowest BCUT2D eigenvalue weighted by Crippen LogP contribution is -2.21. The number of carbonyl (C=O) groups is 2. The number of fused-ring (bicyclic) bond motifs is 3. The molecule has 1 N–H and O–H groups in total. The van der Waals surface area contributed by atoms with Crippen molar-refractivity contribution in [2.75, 3.05) is 21.3 Å². The van der Waals surface area contributed by atoms with Gasteiger partial charge in [0.1, 0.15) is 11.5 Å². The summed E-state index contributed by atoms with van der Waals surface area (Å²) in [5.74, 6) is 0.967. The lowest BCUT2D eigenvalue weighted by atomic mass is 9.84. The zero-order chi connectivity index (χ0) is 24.7. The highest BCUT2D eigenvalue weighted by molar-refractivity contribution is 6.15. The number of hydrogen-bond acceptors (Lipinski definition) is 8. The summed E-state index contributed by atoms with van der Waals surface area (Å²) in [5, 5.41) is 10.3. The molecule has 178 valence electrons. The molecule has 0 spiro atoms. The van der Waals surface area contributed by atoms with Gasteiger partial charge in [0, 0.05) is 11.5 Å². The van der Waals surface area contributed by atoms with Crippen molar-refractivity contribution < 1.29 is 38.4 Å². The normalized spacial score (nSPS) is 17.3. The molecule has 0 saturated carbocycles. The molecule has 8 heteroatoms. The van der Waals surface area contributed by atoms with Gasteiger partial charge >= 0.3 is 5.97 Å². The highest BCUT2D eigenvalue weighted by Gasteiger charge is 2.38. The van der Waals surface area contributed by atoms with E-state index < -0.39 is 11.9 Å². The molecule has 0 aliphatic carbocycles. The Morgan fingerprint density at radius 3 is 2.34 bits per heavy atom. The Labute approximate surface area is 201 Å². The standard InChI is InChI=1S/C27H22O8/c1-31-19-8-5-15(12-18(19)28)17-13-24(29)34-21-9-6-16-26(30)23(35-27(16)25(17)21)11-14-4-7-20(32-2)22(10-14)33-3/h4-12,17,28H,13H2,1-3H3. The van der Waals surface area contributed by atoms with E-state index in [1.165, 1.54) is 14.2 Å². The zero-order valence-electron chi connectivity index (χ0n) is 19.3. The number of esters is 1. The molecule has 0 saturated heterocycles. The number of ether oxygens (including phenoxy) is 5. The zero-order valence-corrected chi connectivity index (χ0v) is 19.3. The number of phenols is 1. The van der Waals surface area contributed by atoms with Gasteiger partial charge in [0.25, 0.3) is 0 Å². The smallest absolute Gasteiger partial charge is 0.312 e. The number of rotatable bonds is 5. The molecule has 0 bridgehead atoms. The van der Waals surface area contributed by atoms with Crippen LogP contribution in [-0.2, 0) is 4.79 Å². The minimum absolute atomic E-state index is 0.0293. The number of ketones is 1. The minimum Gasteiger partial charge on any atom is -0.504 e. The molecule has 3 aromatic carbocycles. The fourth-order valence-corrected chi connectivity index (χ4v) is 4.41. The third-order valence-corrected chi connectivity index (χ3v) is 6.09. The summed E-state index contributed by atoms with van der Waals surface area (Å²) in [6.45, 7) is 0. The van der Waals surface area contributed by atoms with Crippen LogP contribution >= 0.6 is 0 Å². The van der Waals surface area contributed by atoms with Gasteiger partial charge in [0.15, 0.2) is 28.8 Å². The lowest BCUT2D eigenvalue weighted by molar-refractivity contribution is -0.135. The topological polar surface area (TPSA) is 101 Å². The molecule has 2 heterocycles. The number of allylic oxidation sites excluding steroid dienone is 1. The van der Waals surface area contributed by atoms with Crippen molar-refractivity contribution in [2.24, 2.45) is 0 Å². The van der Waals surface area contributed by atoms with Gasteiger partial charge in [-0.3, -0.25) is 9.59 Å². The number of methoxy groups -OCH3 is 3. The number of phenolic OH excluding ortho intramolecular Hbond substituents is 1. The van der Waals surface area contributed by atoms with E-state index in [4.69, 9.17) is 23.7 Å². The van der Waals surface area contributed by atoms with E-state index in [2.05, 4.69) is 0 Å². The molecule has 3 aromatic rings. The number of benzene rings is 3. The van der Waals surface area contributed by atoms with Gasteiger partial charge in [-0.25, -0.2) is 0 Å². The van der Waals surface area contributed by atoms with E-state index in [-0.39, 0.29) is 23.7 Å². The molecular weight excluding hydrogens is 452 g/mol. The first-order valence-electron chi connectivity index (χ1n) is 10.8. The summed E-state index contributed by atoms with van der Waals surface area (Å²) < 4.78 is 27.3. The first-order chi connectivity index (χ1) is 16.9. The second kappa shape index (κ2) is 8.72. The van der Waals surface area contributed by atoms with Crippen LogP contribution in [0.15, 0.2) is 54.3 Å². The van der Waals surface area contributed by atoms with Crippen molar-refractivity contribution in [3.05, 3.63) is 76.5 Å². The molecular formula is C27H22O8. The van der Waals surface area contributed by atoms with Crippen molar-refractivity contribution in [1.82, 2.24) is 0 Å². The Morgan fingerprint density at radius 2 is 1.63 bits per heavy atom. The maximum atomic E-state index is 13.2. The number of carbonyl (C=O) groups excluding carboxylic acids is 2. The minimum atomic E-state index is -0.480. The molecule has 1 atom stereocenters. The molecule has 2 aliphatic heterocycles. The fourth-order valence-electron chi connectivity index (χ4n) is 4.41. The first-order valence-corrected chi connectivity index (χ1v) is 10.8. The second-order valence-electron chi connectivity index (χ2n) is 8.07. The molecule has 0 aromatic heterocycles. The molecule has 8 nitrogen and oxygen atoms in total. The fraction of sp³-hybridized carbons (Fsp3) is 0.185. The maximum absolute atomic E-state index is 13.2. The SMILES string of the molecule is COc1ccc(C2CC(=O)Oc3ccc4c(c32)OC(=Cc2ccc(OC)c(OC)c2)C4=O)cc1O. The third kappa shape index (κ3) is 3.82. The van der Waals surface area contributed by atoms with Crippen LogP contribution in [0.5, 0.6) is 34.5 Å². The van der Waals surface area contributed by atoms with E-state index in [0.717, 1.165) is 0 Å². The number of aromatic hydroxyl groups is 1. The molecule has 0 fully saturated rings. The first kappa shape index (κ1) is 22.3. The largest absolute Gasteiger partial charge is 0.504 e. The average Bonchev–Trinajstić information content (AvgIpc) is 3.18. The van der Waals surface area contributed by atoms with Crippen molar-refractivity contribution in [1.29, 1.82) is 0 Å². The molecule has 1 unspecified atom stereocenters. The van der Waals surface area contributed by atoms with Crippen molar-refractivity contribution in [3.8, 4) is 34.5 Å². The quantitative estimate of drug-likeness (QED) is 0.328. The van der Waals surface area contributed by atoms with Crippen LogP contribution in [0.3, 0.4) is 0 Å². The van der Waals surface area contributed by atoms with Crippen LogP contribution in [0.25, 0.3) is 6.08 Å². The summed E-state index contributed by atoms with van der Waals surface area (Å²) in [4.78, 5) is 25.5. The molecule has 2 aliphatic rings. The Kier molecular flexibility index (Phi) is 5.56. The summed E-state index contributed by atoms with van der Waals surface area (Å²) in [6.07, 6.45) is 1.65. The van der Waals surface area contributed by atoms with Crippen LogP contribution in [-0.4, -0.2) is 38.2 Å². The Hall–Kier alpha value is -4.46. The lowest BCUT2D eigenvalue weighted by Gasteiger charge is -2.26. The second-order valence-corrected chi connectivity index (χ2v) is 8.07. The van der Waals surface area contributed by atoms with E-state index >= 15 is 0 Å². The van der Waals surface area contributed by atoms with Gasteiger partial charge in [-0.1, -0.05) is 12.1 Å². The van der Waals surface area contributed by atoms with Gasteiger partial charge in [0.2, 0.25) is 5.78 Å². The predicted octanol–water partition coefficient (Wildman–Crippen LogP) is 4.48. The van der Waals surface area contributed by atoms with Gasteiger partial charge < -0.3 is 28.8 Å². The van der Waals surface area contributed by atoms with E-state index in [9.17, 15) is 14.7 Å². The van der Waals surface area contributed by atoms with Crippen molar-refractivity contribution >= 4 is 17.8 Å². The Bertz CT molecular complexity index is 1390. The predicted molar refractivity (Wildman–Crippen MR) is 126 cm³/mol. The molecule has 0 radical (unpaired) electrons. The highest BCUT2D eigenvalue weighted by atomic mass is 16.5. The van der Waals surface area contributed by atoms with Crippen LogP contribution in [0.2, 0.25) is 0 Å². The summed E-state index contributed by atoms with van der Waals surface area (Å²) >= 11 is 0. The van der Waals surface area contributed by atoms with E-state index in [1.54, 1.807) is 61.7 Å². The summed E-state index contributed by atoms with van der Waals surface area (Å²) in [5.41, 5.74) is 2.31. The summed E-state index contributed by atoms with van der Waals surface area (Å²) in [6, 6.07) is 13.4. The highest BCUT2D eigenvalue weighted by Crippen LogP contribution is 2.49. The van der Waals surface area contributed by atoms with Crippen LogP contribution in [0.1, 0.15) is 39.4 Å². The Balaban J connectivity index is 1.57. The van der Waals surface area contributed by atoms with Crippen molar-refractivity contribution in [2.45, 2.75) is 12.3 Å².